The number of benzene rings is 2. The second kappa shape index (κ2) is 9.54. The quantitative estimate of drug-likeness (QED) is 0.585. The van der Waals surface area contributed by atoms with Crippen molar-refractivity contribution in [2.24, 2.45) is 0 Å². The number of amides is 1. The van der Waals surface area contributed by atoms with Gasteiger partial charge in [0.05, 0.1) is 5.75 Å². The van der Waals surface area contributed by atoms with Crippen LogP contribution in [0.5, 0.6) is 0 Å². The van der Waals surface area contributed by atoms with E-state index in [0.29, 0.717) is 23.6 Å². The Balaban J connectivity index is 1.57. The maximum absolute atomic E-state index is 13.4. The third-order valence-electron chi connectivity index (χ3n) is 2.88. The van der Waals surface area contributed by atoms with Crippen LogP contribution in [-0.2, 0) is 10.5 Å². The van der Waals surface area contributed by atoms with E-state index in [1.807, 2.05) is 18.2 Å². The molecule has 0 aliphatic carbocycles. The first-order chi connectivity index (χ1) is 10.8. The fourth-order valence-corrected chi connectivity index (χ4v) is 3.43. The van der Waals surface area contributed by atoms with Gasteiger partial charge >= 0.3 is 0 Å². The van der Waals surface area contributed by atoms with E-state index in [2.05, 4.69) is 17.4 Å². The molecule has 2 aromatic rings. The van der Waals surface area contributed by atoms with Crippen LogP contribution in [0.25, 0.3) is 0 Å². The molecule has 0 saturated carbocycles. The molecule has 0 saturated heterocycles. The monoisotopic (exact) mass is 335 g/mol. The van der Waals surface area contributed by atoms with Crippen LogP contribution < -0.4 is 5.32 Å². The highest BCUT2D eigenvalue weighted by Gasteiger charge is 2.04. The zero-order chi connectivity index (χ0) is 15.6. The molecule has 0 radical (unpaired) electrons. The average Bonchev–Trinajstić information content (AvgIpc) is 2.54. The van der Waals surface area contributed by atoms with E-state index in [0.717, 1.165) is 5.75 Å². The molecule has 0 heterocycles. The highest BCUT2D eigenvalue weighted by Crippen LogP contribution is 2.16. The largest absolute Gasteiger partial charge is 0.355 e. The summed E-state index contributed by atoms with van der Waals surface area (Å²) in [5.41, 5.74) is 0.639. The van der Waals surface area contributed by atoms with E-state index in [1.54, 1.807) is 30.0 Å². The van der Waals surface area contributed by atoms with Gasteiger partial charge in [0, 0.05) is 22.9 Å². The number of carbonyl (C=O) groups excluding carboxylic acids is 1. The van der Waals surface area contributed by atoms with Crippen molar-refractivity contribution in [2.45, 2.75) is 10.6 Å². The van der Waals surface area contributed by atoms with Crippen LogP contribution in [0, 0.1) is 5.82 Å². The lowest BCUT2D eigenvalue weighted by atomic mass is 10.2. The lowest BCUT2D eigenvalue weighted by Crippen LogP contribution is -2.27. The Hall–Kier alpha value is -1.46. The molecule has 22 heavy (non-hydrogen) atoms. The molecule has 1 N–H and O–H groups in total. The number of hydrogen-bond acceptors (Lipinski definition) is 3. The van der Waals surface area contributed by atoms with E-state index in [1.165, 1.54) is 22.7 Å². The Kier molecular flexibility index (Phi) is 7.33. The molecule has 1 amide bonds. The molecule has 2 nitrogen and oxygen atoms in total. The maximum Gasteiger partial charge on any atom is 0.230 e. The molecular weight excluding hydrogens is 317 g/mol. The highest BCUT2D eigenvalue weighted by atomic mass is 32.2. The molecule has 0 fully saturated rings. The molecule has 0 bridgehead atoms. The molecule has 0 aliphatic heterocycles. The number of carbonyl (C=O) groups is 1. The van der Waals surface area contributed by atoms with E-state index in [-0.39, 0.29) is 11.7 Å². The Labute approximate surface area is 138 Å². The van der Waals surface area contributed by atoms with Crippen molar-refractivity contribution in [1.82, 2.24) is 5.32 Å². The number of rotatable bonds is 8. The number of nitrogens with one attached hydrogen (secondary N) is 1. The van der Waals surface area contributed by atoms with Crippen LogP contribution in [-0.4, -0.2) is 24.0 Å². The second-order valence-electron chi connectivity index (χ2n) is 4.60. The molecule has 0 unspecified atom stereocenters. The summed E-state index contributed by atoms with van der Waals surface area (Å²) in [5, 5.41) is 2.88. The van der Waals surface area contributed by atoms with Gasteiger partial charge < -0.3 is 5.32 Å². The van der Waals surface area contributed by atoms with Crippen LogP contribution in [0.2, 0.25) is 0 Å². The van der Waals surface area contributed by atoms with Crippen LogP contribution >= 0.6 is 23.5 Å². The number of hydrogen-bond donors (Lipinski definition) is 1. The minimum atomic E-state index is -0.213. The third kappa shape index (κ3) is 6.12. The van der Waals surface area contributed by atoms with Crippen molar-refractivity contribution in [3.8, 4) is 0 Å². The summed E-state index contributed by atoms with van der Waals surface area (Å²) < 4.78 is 13.4. The summed E-state index contributed by atoms with van der Waals surface area (Å²) in [6.07, 6.45) is 0. The van der Waals surface area contributed by atoms with Gasteiger partial charge in [-0.2, -0.15) is 0 Å². The number of thioether (sulfide) groups is 2. The van der Waals surface area contributed by atoms with Gasteiger partial charge in [0.1, 0.15) is 5.82 Å². The fraction of sp³-hybridized carbons (Fsp3) is 0.235. The minimum Gasteiger partial charge on any atom is -0.355 e. The Morgan fingerprint density at radius 3 is 2.55 bits per heavy atom. The first kappa shape index (κ1) is 16.9. The van der Waals surface area contributed by atoms with Gasteiger partial charge in [-0.3, -0.25) is 4.79 Å². The van der Waals surface area contributed by atoms with Crippen molar-refractivity contribution in [1.29, 1.82) is 0 Å². The Morgan fingerprint density at radius 1 is 1.05 bits per heavy atom. The predicted octanol–water partition coefficient (Wildman–Crippen LogP) is 3.97. The minimum absolute atomic E-state index is 0.00463. The van der Waals surface area contributed by atoms with E-state index in [9.17, 15) is 9.18 Å². The van der Waals surface area contributed by atoms with Crippen molar-refractivity contribution < 1.29 is 9.18 Å². The summed E-state index contributed by atoms with van der Waals surface area (Å²) in [6.45, 7) is 0.638. The van der Waals surface area contributed by atoms with E-state index in [4.69, 9.17) is 0 Å². The molecule has 0 aromatic heterocycles. The summed E-state index contributed by atoms with van der Waals surface area (Å²) in [6, 6.07) is 16.8. The molecule has 2 aromatic carbocycles. The van der Waals surface area contributed by atoms with E-state index >= 15 is 0 Å². The number of halogens is 1. The normalized spacial score (nSPS) is 10.4. The van der Waals surface area contributed by atoms with Crippen LogP contribution in [0.4, 0.5) is 4.39 Å². The second-order valence-corrected chi connectivity index (χ2v) is 6.75. The van der Waals surface area contributed by atoms with Crippen molar-refractivity contribution in [2.75, 3.05) is 18.1 Å². The standard InChI is InChI=1S/C17H18FNOS2/c18-16-9-5-4-6-14(16)12-21-13-17(20)19-10-11-22-15-7-2-1-3-8-15/h1-9H,10-13H2,(H,19,20). The predicted molar refractivity (Wildman–Crippen MR) is 92.7 cm³/mol. The van der Waals surface area contributed by atoms with Gasteiger partial charge in [0.25, 0.3) is 0 Å². The van der Waals surface area contributed by atoms with Gasteiger partial charge in [-0.1, -0.05) is 36.4 Å². The van der Waals surface area contributed by atoms with Crippen LogP contribution in [0.3, 0.4) is 0 Å². The molecular formula is C17H18FNOS2. The molecule has 116 valence electrons. The average molecular weight is 335 g/mol. The van der Waals surface area contributed by atoms with Crippen LogP contribution in [0.1, 0.15) is 5.56 Å². The first-order valence-corrected chi connectivity index (χ1v) is 9.15. The smallest absolute Gasteiger partial charge is 0.230 e. The van der Waals surface area contributed by atoms with Crippen LogP contribution in [0.15, 0.2) is 59.5 Å². The van der Waals surface area contributed by atoms with Gasteiger partial charge in [-0.05, 0) is 23.8 Å². The SMILES string of the molecule is O=C(CSCc1ccccc1F)NCCSc1ccccc1. The summed E-state index contributed by atoms with van der Waals surface area (Å²) in [5.74, 6) is 1.49. The van der Waals surface area contributed by atoms with Crippen molar-refractivity contribution >= 4 is 29.4 Å². The van der Waals surface area contributed by atoms with Gasteiger partial charge in [0.2, 0.25) is 5.91 Å². The zero-order valence-electron chi connectivity index (χ0n) is 12.1. The van der Waals surface area contributed by atoms with Crippen molar-refractivity contribution in [3.63, 3.8) is 0 Å². The van der Waals surface area contributed by atoms with Gasteiger partial charge in [-0.15, -0.1) is 23.5 Å². The van der Waals surface area contributed by atoms with E-state index < -0.39 is 0 Å². The molecule has 0 aliphatic rings. The summed E-state index contributed by atoms with van der Waals surface area (Å²) in [4.78, 5) is 12.9. The maximum atomic E-state index is 13.4. The van der Waals surface area contributed by atoms with Gasteiger partial charge in [-0.25, -0.2) is 4.39 Å². The summed E-state index contributed by atoms with van der Waals surface area (Å²) in [7, 11) is 0. The molecule has 0 atom stereocenters. The topological polar surface area (TPSA) is 29.1 Å². The molecule has 5 heteroatoms. The van der Waals surface area contributed by atoms with Crippen molar-refractivity contribution in [3.05, 3.63) is 66.0 Å². The molecule has 0 spiro atoms. The molecule has 2 rings (SSSR count). The Bertz CT molecular complexity index is 592. The Morgan fingerprint density at radius 2 is 1.77 bits per heavy atom. The lowest BCUT2D eigenvalue weighted by molar-refractivity contribution is -0.118. The summed E-state index contributed by atoms with van der Waals surface area (Å²) >= 11 is 3.14. The highest BCUT2D eigenvalue weighted by molar-refractivity contribution is 7.99. The lowest BCUT2D eigenvalue weighted by Gasteiger charge is -2.06. The zero-order valence-corrected chi connectivity index (χ0v) is 13.8. The fourth-order valence-electron chi connectivity index (χ4n) is 1.80. The van der Waals surface area contributed by atoms with Gasteiger partial charge in [0.15, 0.2) is 0 Å². The first-order valence-electron chi connectivity index (χ1n) is 7.01. The third-order valence-corrected chi connectivity index (χ3v) is 4.88.